The third-order valence-corrected chi connectivity index (χ3v) is 12.8. The van der Waals surface area contributed by atoms with Crippen molar-refractivity contribution in [3.8, 4) is 0 Å². The summed E-state index contributed by atoms with van der Waals surface area (Å²) in [4.78, 5) is 11.9. The predicted molar refractivity (Wildman–Crippen MR) is 151 cm³/mol. The minimum Gasteiger partial charge on any atom is -0.462 e. The molecule has 0 unspecified atom stereocenters. The van der Waals surface area contributed by atoms with Gasteiger partial charge in [0.05, 0.1) is 12.2 Å². The van der Waals surface area contributed by atoms with E-state index in [9.17, 15) is 15.0 Å². The lowest BCUT2D eigenvalue weighted by atomic mass is 9.37. The molecule has 0 aromatic rings. The highest BCUT2D eigenvalue weighted by molar-refractivity contribution is 5.66. The molecule has 0 aromatic carbocycles. The third kappa shape index (κ3) is 4.13. The van der Waals surface area contributed by atoms with E-state index in [2.05, 4.69) is 47.3 Å². The van der Waals surface area contributed by atoms with Gasteiger partial charge in [-0.15, -0.1) is 0 Å². The molecular formula is C33H52O6. The summed E-state index contributed by atoms with van der Waals surface area (Å²) >= 11 is 0. The Hall–Kier alpha value is -1.21. The topological polar surface area (TPSA) is 85.2 Å². The van der Waals surface area contributed by atoms with Gasteiger partial charge in [-0.3, -0.25) is 4.79 Å². The third-order valence-electron chi connectivity index (χ3n) is 12.8. The molecule has 0 spiro atoms. The zero-order valence-electron chi connectivity index (χ0n) is 25.5. The molecule has 6 nitrogen and oxygen atoms in total. The number of carbonyl (C=O) groups is 1. The summed E-state index contributed by atoms with van der Waals surface area (Å²) in [5, 5.41) is 22.8. The van der Waals surface area contributed by atoms with E-state index in [1.807, 2.05) is 6.92 Å². The van der Waals surface area contributed by atoms with E-state index >= 15 is 0 Å². The van der Waals surface area contributed by atoms with Crippen LogP contribution in [-0.4, -0.2) is 54.0 Å². The van der Waals surface area contributed by atoms with Crippen LogP contribution in [0.15, 0.2) is 23.8 Å². The van der Waals surface area contributed by atoms with Crippen molar-refractivity contribution in [3.63, 3.8) is 0 Å². The number of hydrogen-bond acceptors (Lipinski definition) is 6. The zero-order chi connectivity index (χ0) is 28.7. The Bertz CT molecular complexity index is 1030. The second-order valence-corrected chi connectivity index (χ2v) is 15.0. The molecule has 4 fully saturated rings. The quantitative estimate of drug-likeness (QED) is 0.336. The van der Waals surface area contributed by atoms with E-state index in [4.69, 9.17) is 14.2 Å². The first-order valence-electron chi connectivity index (χ1n) is 15.2. The van der Waals surface area contributed by atoms with E-state index in [1.165, 1.54) is 12.5 Å². The molecule has 39 heavy (non-hydrogen) atoms. The molecule has 12 atom stereocenters. The van der Waals surface area contributed by atoms with Gasteiger partial charge in [-0.25, -0.2) is 0 Å². The highest BCUT2D eigenvalue weighted by atomic mass is 16.7. The van der Waals surface area contributed by atoms with Crippen LogP contribution in [0.2, 0.25) is 0 Å². The van der Waals surface area contributed by atoms with Crippen LogP contribution in [0, 0.1) is 45.3 Å². The van der Waals surface area contributed by atoms with Crippen LogP contribution in [0.1, 0.15) is 93.4 Å². The fourth-order valence-electron chi connectivity index (χ4n) is 10.8. The normalized spacial score (nSPS) is 49.3. The number of aliphatic hydroxyl groups excluding tert-OH is 2. The van der Waals surface area contributed by atoms with Gasteiger partial charge in [0.1, 0.15) is 12.2 Å². The lowest BCUT2D eigenvalue weighted by Crippen LogP contribution is -2.65. The molecule has 1 saturated heterocycles. The molecule has 0 amide bonds. The number of carbonyl (C=O) groups excluding carboxylic acids is 1. The van der Waals surface area contributed by atoms with Crippen molar-refractivity contribution in [1.82, 2.24) is 0 Å². The molecule has 0 aromatic heterocycles. The van der Waals surface area contributed by atoms with E-state index in [0.29, 0.717) is 11.8 Å². The van der Waals surface area contributed by atoms with Gasteiger partial charge in [0.25, 0.3) is 0 Å². The zero-order valence-corrected chi connectivity index (χ0v) is 25.5. The van der Waals surface area contributed by atoms with Crippen molar-refractivity contribution in [2.45, 2.75) is 124 Å². The summed E-state index contributed by atoms with van der Waals surface area (Å²) in [5.41, 5.74) is 1.68. The summed E-state index contributed by atoms with van der Waals surface area (Å²) in [6.07, 6.45) is 7.03. The molecule has 0 bridgehead atoms. The number of esters is 1. The second-order valence-electron chi connectivity index (χ2n) is 15.0. The lowest BCUT2D eigenvalue weighted by molar-refractivity contribution is -0.220. The Morgan fingerprint density at radius 1 is 1.10 bits per heavy atom. The van der Waals surface area contributed by atoms with Crippen LogP contribution >= 0.6 is 0 Å². The molecule has 3 saturated carbocycles. The minimum atomic E-state index is -0.690. The molecule has 5 rings (SSSR count). The van der Waals surface area contributed by atoms with Gasteiger partial charge >= 0.3 is 5.97 Å². The van der Waals surface area contributed by atoms with Gasteiger partial charge in [-0.2, -0.15) is 0 Å². The van der Waals surface area contributed by atoms with Gasteiger partial charge in [0.15, 0.2) is 6.29 Å². The van der Waals surface area contributed by atoms with Crippen molar-refractivity contribution in [3.05, 3.63) is 23.8 Å². The van der Waals surface area contributed by atoms with Crippen LogP contribution < -0.4 is 0 Å². The molecule has 1 heterocycles. The highest BCUT2D eigenvalue weighted by Gasteiger charge is 2.69. The summed E-state index contributed by atoms with van der Waals surface area (Å²) in [5.74, 6) is 0.951. The highest BCUT2D eigenvalue weighted by Crippen LogP contribution is 2.73. The first-order valence-corrected chi connectivity index (χ1v) is 15.2. The molecule has 220 valence electrons. The largest absolute Gasteiger partial charge is 0.462 e. The Balaban J connectivity index is 1.44. The van der Waals surface area contributed by atoms with Crippen LogP contribution in [0.25, 0.3) is 0 Å². The second kappa shape index (κ2) is 9.68. The van der Waals surface area contributed by atoms with E-state index in [-0.39, 0.29) is 58.0 Å². The van der Waals surface area contributed by atoms with Crippen LogP contribution in [0.3, 0.4) is 0 Å². The predicted octanol–water partition coefficient (Wildman–Crippen LogP) is 5.81. The summed E-state index contributed by atoms with van der Waals surface area (Å²) in [7, 11) is 1.71. The fraction of sp³-hybridized carbons (Fsp3) is 0.848. The van der Waals surface area contributed by atoms with E-state index in [1.54, 1.807) is 7.11 Å². The number of hydrogen-bond donors (Lipinski definition) is 2. The molecule has 6 heteroatoms. The first-order chi connectivity index (χ1) is 18.1. The first kappa shape index (κ1) is 29.3. The average molecular weight is 545 g/mol. The standard InChI is InChI=1S/C33H52O6/c1-18(2)28(36)22-16-20(29(37-9)39-22)21-10-11-23-31(21,6)14-12-24-32(7)15-13-27(38-19(3)34)30(4,5)25(32)17-26(35)33(23,24)8/h11,20-22,24-29,35-36H,1,10,12-17H2,2-9H3/t20-,21+,22+,24+,25-,26+,27+,28+,29+,31-,32+,33-/m0/s1. The number of methoxy groups -OCH3 is 1. The molecule has 5 aliphatic rings. The number of fused-ring (bicyclic) bond motifs is 5. The minimum absolute atomic E-state index is 0.0479. The monoisotopic (exact) mass is 544 g/mol. The van der Waals surface area contributed by atoms with Crippen molar-refractivity contribution in [2.24, 2.45) is 45.3 Å². The van der Waals surface area contributed by atoms with Crippen LogP contribution in [0.4, 0.5) is 0 Å². The SMILES string of the molecule is C=C(C)[C@@H](O)[C@H]1C[C@@H]([C@H]2CC=C3[C@]4(C)[C@H](O)C[C@H]5C(C)(C)[C@H](OC(C)=O)CC[C@]5(C)[C@H]4CC[C@]32C)[C@H](OC)O1. The maximum absolute atomic E-state index is 12.1. The Kier molecular flexibility index (Phi) is 7.27. The Morgan fingerprint density at radius 2 is 1.79 bits per heavy atom. The molecule has 0 radical (unpaired) electrons. The molecule has 2 N–H and O–H groups in total. The number of aliphatic hydroxyl groups is 2. The molecular weight excluding hydrogens is 492 g/mol. The number of rotatable bonds is 5. The van der Waals surface area contributed by atoms with Crippen molar-refractivity contribution < 1.29 is 29.2 Å². The maximum atomic E-state index is 12.1. The number of allylic oxidation sites excluding steroid dienone is 1. The molecule has 1 aliphatic heterocycles. The van der Waals surface area contributed by atoms with Gasteiger partial charge < -0.3 is 24.4 Å². The van der Waals surface area contributed by atoms with E-state index in [0.717, 1.165) is 50.5 Å². The summed E-state index contributed by atoms with van der Waals surface area (Å²) < 4.78 is 17.9. The van der Waals surface area contributed by atoms with Crippen molar-refractivity contribution in [1.29, 1.82) is 0 Å². The molecule has 4 aliphatic carbocycles. The van der Waals surface area contributed by atoms with Crippen LogP contribution in [-0.2, 0) is 19.0 Å². The Morgan fingerprint density at radius 3 is 2.41 bits per heavy atom. The average Bonchev–Trinajstić information content (AvgIpc) is 3.43. The number of ether oxygens (including phenoxy) is 3. The maximum Gasteiger partial charge on any atom is 0.302 e. The smallest absolute Gasteiger partial charge is 0.302 e. The Labute approximate surface area is 235 Å². The van der Waals surface area contributed by atoms with E-state index < -0.39 is 12.2 Å². The van der Waals surface area contributed by atoms with Gasteiger partial charge in [-0.1, -0.05) is 52.8 Å². The summed E-state index contributed by atoms with van der Waals surface area (Å²) in [6.45, 7) is 19.0. The van der Waals surface area contributed by atoms with Gasteiger partial charge in [0.2, 0.25) is 0 Å². The summed E-state index contributed by atoms with van der Waals surface area (Å²) in [6, 6.07) is 0. The van der Waals surface area contributed by atoms with Crippen LogP contribution in [0.5, 0.6) is 0 Å². The van der Waals surface area contributed by atoms with Gasteiger partial charge in [-0.05, 0) is 86.0 Å². The van der Waals surface area contributed by atoms with Crippen molar-refractivity contribution >= 4 is 5.97 Å². The fourth-order valence-corrected chi connectivity index (χ4v) is 10.8. The van der Waals surface area contributed by atoms with Gasteiger partial charge in [0, 0.05) is 30.8 Å². The van der Waals surface area contributed by atoms with Crippen molar-refractivity contribution in [2.75, 3.05) is 7.11 Å². The lowest BCUT2D eigenvalue weighted by Gasteiger charge is -2.68.